The molecule has 0 aliphatic carbocycles. The monoisotopic (exact) mass is 399 g/mol. The lowest BCUT2D eigenvalue weighted by molar-refractivity contribution is 0.0995. The molecule has 0 radical (unpaired) electrons. The van der Waals surface area contributed by atoms with Gasteiger partial charge in [-0.3, -0.25) is 4.79 Å². The Morgan fingerprint density at radius 3 is 2.82 bits per heavy atom. The summed E-state index contributed by atoms with van der Waals surface area (Å²) < 4.78 is 7.46. The largest absolute Gasteiger partial charge is 0.494 e. The molecule has 0 fully saturated rings. The van der Waals surface area contributed by atoms with Gasteiger partial charge in [-0.2, -0.15) is 0 Å². The van der Waals surface area contributed by atoms with E-state index in [1.165, 1.54) is 12.5 Å². The third-order valence-electron chi connectivity index (χ3n) is 4.28. The van der Waals surface area contributed by atoms with E-state index in [0.717, 1.165) is 16.9 Å². The molecule has 1 atom stereocenters. The van der Waals surface area contributed by atoms with Gasteiger partial charge >= 0.3 is 0 Å². The Hall–Kier alpha value is -2.83. The fourth-order valence-corrected chi connectivity index (χ4v) is 3.12. The van der Waals surface area contributed by atoms with Gasteiger partial charge in [0.15, 0.2) is 0 Å². The number of amides is 1. The maximum absolute atomic E-state index is 11.0. The summed E-state index contributed by atoms with van der Waals surface area (Å²) in [5.41, 5.74) is 7.31. The molecule has 0 saturated carbocycles. The molecule has 0 aliphatic rings. The highest BCUT2D eigenvalue weighted by molar-refractivity contribution is 6.33. The van der Waals surface area contributed by atoms with Crippen LogP contribution in [0.5, 0.6) is 5.75 Å². The van der Waals surface area contributed by atoms with Crippen LogP contribution in [0.2, 0.25) is 5.02 Å². The molecule has 28 heavy (non-hydrogen) atoms. The Balaban J connectivity index is 1.46. The molecule has 1 aromatic heterocycles. The van der Waals surface area contributed by atoms with Crippen molar-refractivity contribution in [3.8, 4) is 16.9 Å². The zero-order chi connectivity index (χ0) is 19.9. The second-order valence-electron chi connectivity index (χ2n) is 6.47. The quantitative estimate of drug-likeness (QED) is 0.538. The second-order valence-corrected chi connectivity index (χ2v) is 6.88. The molecule has 0 aliphatic heterocycles. The van der Waals surface area contributed by atoms with Crippen molar-refractivity contribution in [2.75, 3.05) is 6.61 Å². The SMILES string of the molecule is NC(=O)c1cn(CC(O)CCCOc2cccc(-c3ccccc3Cl)c2)cn1. The molecule has 7 heteroatoms. The Bertz CT molecular complexity index is 942. The first-order valence-electron chi connectivity index (χ1n) is 9.00. The molecular formula is C21H22ClN3O3. The number of halogens is 1. The van der Waals surface area contributed by atoms with Gasteiger partial charge in [-0.05, 0) is 36.6 Å². The number of carbonyl (C=O) groups excluding carboxylic acids is 1. The Kier molecular flexibility index (Phi) is 6.68. The number of nitrogens with two attached hydrogens (primary N) is 1. The maximum atomic E-state index is 11.0. The number of carbonyl (C=O) groups is 1. The van der Waals surface area contributed by atoms with E-state index in [0.29, 0.717) is 31.0 Å². The highest BCUT2D eigenvalue weighted by Crippen LogP contribution is 2.29. The van der Waals surface area contributed by atoms with Crippen molar-refractivity contribution in [1.82, 2.24) is 9.55 Å². The van der Waals surface area contributed by atoms with Crippen molar-refractivity contribution in [2.24, 2.45) is 5.73 Å². The topological polar surface area (TPSA) is 90.4 Å². The van der Waals surface area contributed by atoms with Crippen molar-refractivity contribution in [2.45, 2.75) is 25.5 Å². The van der Waals surface area contributed by atoms with Crippen LogP contribution in [0.1, 0.15) is 23.3 Å². The molecule has 0 saturated heterocycles. The highest BCUT2D eigenvalue weighted by Gasteiger charge is 2.09. The summed E-state index contributed by atoms with van der Waals surface area (Å²) in [6.07, 6.45) is 3.71. The number of aliphatic hydroxyl groups is 1. The van der Waals surface area contributed by atoms with Crippen molar-refractivity contribution >= 4 is 17.5 Å². The van der Waals surface area contributed by atoms with Gasteiger partial charge in [0.1, 0.15) is 11.4 Å². The minimum absolute atomic E-state index is 0.189. The zero-order valence-electron chi connectivity index (χ0n) is 15.3. The smallest absolute Gasteiger partial charge is 0.268 e. The number of imidazole rings is 1. The number of rotatable bonds is 9. The summed E-state index contributed by atoms with van der Waals surface area (Å²) in [7, 11) is 0. The molecule has 2 aromatic carbocycles. The van der Waals surface area contributed by atoms with E-state index in [4.69, 9.17) is 22.1 Å². The molecule has 3 N–H and O–H groups in total. The third kappa shape index (κ3) is 5.34. The van der Waals surface area contributed by atoms with Crippen LogP contribution in [0.4, 0.5) is 0 Å². The summed E-state index contributed by atoms with van der Waals surface area (Å²) in [4.78, 5) is 14.9. The van der Waals surface area contributed by atoms with Gasteiger partial charge in [0.05, 0.1) is 19.0 Å². The Labute approximate surface area is 168 Å². The van der Waals surface area contributed by atoms with Crippen LogP contribution in [-0.2, 0) is 6.54 Å². The van der Waals surface area contributed by atoms with Crippen LogP contribution >= 0.6 is 11.6 Å². The molecular weight excluding hydrogens is 378 g/mol. The van der Waals surface area contributed by atoms with Crippen LogP contribution in [0.15, 0.2) is 61.1 Å². The van der Waals surface area contributed by atoms with Crippen LogP contribution in [0, 0.1) is 0 Å². The second kappa shape index (κ2) is 9.39. The molecule has 1 amide bonds. The summed E-state index contributed by atoms with van der Waals surface area (Å²) in [5, 5.41) is 10.8. The number of hydrogen-bond acceptors (Lipinski definition) is 4. The third-order valence-corrected chi connectivity index (χ3v) is 4.61. The van der Waals surface area contributed by atoms with Crippen LogP contribution < -0.4 is 10.5 Å². The number of aliphatic hydroxyl groups excluding tert-OH is 1. The number of primary amides is 1. The van der Waals surface area contributed by atoms with Crippen LogP contribution in [-0.4, -0.2) is 33.3 Å². The number of hydrogen-bond donors (Lipinski definition) is 2. The van der Waals surface area contributed by atoms with Gasteiger partial charge in [-0.15, -0.1) is 0 Å². The average Bonchev–Trinajstić information content (AvgIpc) is 3.15. The Morgan fingerprint density at radius 2 is 2.07 bits per heavy atom. The molecule has 146 valence electrons. The van der Waals surface area contributed by atoms with Crippen molar-refractivity contribution in [3.05, 3.63) is 71.8 Å². The minimum atomic E-state index is -0.583. The fourth-order valence-electron chi connectivity index (χ4n) is 2.88. The highest BCUT2D eigenvalue weighted by atomic mass is 35.5. The van der Waals surface area contributed by atoms with E-state index in [-0.39, 0.29) is 5.69 Å². The van der Waals surface area contributed by atoms with Crippen molar-refractivity contribution in [3.63, 3.8) is 0 Å². The normalized spacial score (nSPS) is 11.9. The number of ether oxygens (including phenoxy) is 1. The van der Waals surface area contributed by atoms with E-state index in [9.17, 15) is 9.90 Å². The average molecular weight is 400 g/mol. The number of aromatic nitrogens is 2. The van der Waals surface area contributed by atoms with Crippen molar-refractivity contribution in [1.29, 1.82) is 0 Å². The van der Waals surface area contributed by atoms with Gasteiger partial charge in [-0.1, -0.05) is 41.9 Å². The standard InChI is InChI=1S/C21H22ClN3O3/c22-19-9-2-1-8-18(19)15-5-3-7-17(11-15)28-10-4-6-16(26)12-25-13-20(21(23)27)24-14-25/h1-3,5,7-9,11,13-14,16,26H,4,6,10,12H2,(H2,23,27). The van der Waals surface area contributed by atoms with E-state index >= 15 is 0 Å². The molecule has 0 spiro atoms. The van der Waals surface area contributed by atoms with E-state index in [1.54, 1.807) is 4.57 Å². The molecule has 1 unspecified atom stereocenters. The number of nitrogens with zero attached hydrogens (tertiary/aromatic N) is 2. The summed E-state index contributed by atoms with van der Waals surface area (Å²) in [6, 6.07) is 15.4. The van der Waals surface area contributed by atoms with Gasteiger partial charge in [0, 0.05) is 23.3 Å². The van der Waals surface area contributed by atoms with Gasteiger partial charge in [-0.25, -0.2) is 4.98 Å². The van der Waals surface area contributed by atoms with E-state index in [1.807, 2.05) is 48.5 Å². The zero-order valence-corrected chi connectivity index (χ0v) is 16.0. The first kappa shape index (κ1) is 19.9. The molecule has 3 aromatic rings. The van der Waals surface area contributed by atoms with Crippen molar-refractivity contribution < 1.29 is 14.6 Å². The molecule has 6 nitrogen and oxygen atoms in total. The lowest BCUT2D eigenvalue weighted by Crippen LogP contribution is -2.16. The summed E-state index contributed by atoms with van der Waals surface area (Å²) in [6.45, 7) is 0.835. The first-order valence-corrected chi connectivity index (χ1v) is 9.38. The molecule has 3 rings (SSSR count). The molecule has 1 heterocycles. The van der Waals surface area contributed by atoms with Gasteiger partial charge < -0.3 is 20.1 Å². The van der Waals surface area contributed by atoms with Gasteiger partial charge in [0.25, 0.3) is 5.91 Å². The van der Waals surface area contributed by atoms with E-state index in [2.05, 4.69) is 4.98 Å². The van der Waals surface area contributed by atoms with Crippen LogP contribution in [0.25, 0.3) is 11.1 Å². The predicted molar refractivity (Wildman–Crippen MR) is 108 cm³/mol. The predicted octanol–water partition coefficient (Wildman–Crippen LogP) is 3.52. The minimum Gasteiger partial charge on any atom is -0.494 e. The van der Waals surface area contributed by atoms with E-state index < -0.39 is 12.0 Å². The number of benzene rings is 2. The van der Waals surface area contributed by atoms with Gasteiger partial charge in [0.2, 0.25) is 0 Å². The molecule has 0 bridgehead atoms. The summed E-state index contributed by atoms with van der Waals surface area (Å²) >= 11 is 6.26. The van der Waals surface area contributed by atoms with Crippen LogP contribution in [0.3, 0.4) is 0 Å². The Morgan fingerprint density at radius 1 is 1.25 bits per heavy atom. The maximum Gasteiger partial charge on any atom is 0.268 e. The summed E-state index contributed by atoms with van der Waals surface area (Å²) in [5.74, 6) is 0.174. The first-order chi connectivity index (χ1) is 13.5. The lowest BCUT2D eigenvalue weighted by atomic mass is 10.1. The lowest BCUT2D eigenvalue weighted by Gasteiger charge is -2.12. The fraction of sp³-hybridized carbons (Fsp3) is 0.238.